The van der Waals surface area contributed by atoms with E-state index in [1.807, 2.05) is 19.4 Å². The highest BCUT2D eigenvalue weighted by Crippen LogP contribution is 2.25. The van der Waals surface area contributed by atoms with E-state index in [9.17, 15) is 0 Å². The third kappa shape index (κ3) is 3.37. The van der Waals surface area contributed by atoms with Crippen molar-refractivity contribution in [1.29, 1.82) is 0 Å². The molecule has 0 aliphatic heterocycles. The number of aromatic nitrogens is 2. The molecule has 2 aromatic rings. The summed E-state index contributed by atoms with van der Waals surface area (Å²) in [5.41, 5.74) is 3.91. The summed E-state index contributed by atoms with van der Waals surface area (Å²) in [6.07, 6.45) is 3.83. The molecule has 1 aromatic carbocycles. The van der Waals surface area contributed by atoms with Crippen LogP contribution in [0.25, 0.3) is 0 Å². The Hall–Kier alpha value is -1.77. The largest absolute Gasteiger partial charge is 0.376 e. The average molecular weight is 257 g/mol. The van der Waals surface area contributed by atoms with Crippen LogP contribution in [0, 0.1) is 0 Å². The molecule has 0 saturated heterocycles. The van der Waals surface area contributed by atoms with Gasteiger partial charge in [-0.3, -0.25) is 4.68 Å². The molecule has 0 radical (unpaired) electrons. The summed E-state index contributed by atoms with van der Waals surface area (Å²) in [6, 6.07) is 9.12. The molecule has 1 heterocycles. The number of anilines is 1. The van der Waals surface area contributed by atoms with Gasteiger partial charge in [-0.25, -0.2) is 0 Å². The lowest BCUT2D eigenvalue weighted by Gasteiger charge is -2.20. The third-order valence-corrected chi connectivity index (χ3v) is 3.36. The van der Waals surface area contributed by atoms with Gasteiger partial charge in [0.25, 0.3) is 0 Å². The predicted octanol–water partition coefficient (Wildman–Crippen LogP) is 3.89. The van der Waals surface area contributed by atoms with E-state index in [2.05, 4.69) is 62.4 Å². The standard InChI is InChI=1S/C16H23N3/c1-12(18-15-10-17-19(5)11-15)13-6-8-14(9-7-13)16(2,3)4/h6-12,18H,1-5H3. The first-order valence-corrected chi connectivity index (χ1v) is 6.72. The Balaban J connectivity index is 2.09. The monoisotopic (exact) mass is 257 g/mol. The van der Waals surface area contributed by atoms with Gasteiger partial charge in [-0.15, -0.1) is 0 Å². The maximum absolute atomic E-state index is 4.16. The van der Waals surface area contributed by atoms with E-state index in [1.165, 1.54) is 11.1 Å². The molecule has 1 unspecified atom stereocenters. The summed E-state index contributed by atoms with van der Waals surface area (Å²) >= 11 is 0. The van der Waals surface area contributed by atoms with Gasteiger partial charge >= 0.3 is 0 Å². The number of nitrogens with one attached hydrogen (secondary N) is 1. The molecule has 0 aliphatic rings. The predicted molar refractivity (Wildman–Crippen MR) is 80.4 cm³/mol. The van der Waals surface area contributed by atoms with Gasteiger partial charge in [0.15, 0.2) is 0 Å². The molecule has 0 aliphatic carbocycles. The molecular weight excluding hydrogens is 234 g/mol. The summed E-state index contributed by atoms with van der Waals surface area (Å²) in [4.78, 5) is 0. The Morgan fingerprint density at radius 2 is 1.79 bits per heavy atom. The Labute approximate surface area is 115 Å². The van der Waals surface area contributed by atoms with E-state index >= 15 is 0 Å². The molecule has 0 spiro atoms. The molecule has 0 bridgehead atoms. The fourth-order valence-corrected chi connectivity index (χ4v) is 2.10. The number of aryl methyl sites for hydroxylation is 1. The molecule has 0 amide bonds. The van der Waals surface area contributed by atoms with Gasteiger partial charge in [0.05, 0.1) is 11.9 Å². The van der Waals surface area contributed by atoms with Gasteiger partial charge in [-0.2, -0.15) is 5.10 Å². The molecule has 1 N–H and O–H groups in total. The molecule has 0 saturated carbocycles. The molecule has 102 valence electrons. The highest BCUT2D eigenvalue weighted by atomic mass is 15.3. The van der Waals surface area contributed by atoms with Crippen molar-refractivity contribution in [2.24, 2.45) is 7.05 Å². The van der Waals surface area contributed by atoms with Crippen molar-refractivity contribution in [1.82, 2.24) is 9.78 Å². The summed E-state index contributed by atoms with van der Waals surface area (Å²) < 4.78 is 1.80. The van der Waals surface area contributed by atoms with Crippen LogP contribution >= 0.6 is 0 Å². The van der Waals surface area contributed by atoms with Crippen LogP contribution in [0.5, 0.6) is 0 Å². The van der Waals surface area contributed by atoms with Crippen molar-refractivity contribution in [3.8, 4) is 0 Å². The quantitative estimate of drug-likeness (QED) is 0.904. The van der Waals surface area contributed by atoms with Crippen LogP contribution < -0.4 is 5.32 Å². The molecule has 19 heavy (non-hydrogen) atoms. The molecule has 2 rings (SSSR count). The first-order valence-electron chi connectivity index (χ1n) is 6.72. The lowest BCUT2D eigenvalue weighted by Crippen LogP contribution is -2.12. The normalized spacial score (nSPS) is 13.3. The first-order chi connectivity index (χ1) is 8.86. The van der Waals surface area contributed by atoms with Crippen LogP contribution in [-0.2, 0) is 12.5 Å². The maximum Gasteiger partial charge on any atom is 0.0731 e. The fourth-order valence-electron chi connectivity index (χ4n) is 2.10. The van der Waals surface area contributed by atoms with Gasteiger partial charge < -0.3 is 5.32 Å². The van der Waals surface area contributed by atoms with Gasteiger partial charge in [0.2, 0.25) is 0 Å². The van der Waals surface area contributed by atoms with Gasteiger partial charge in [0.1, 0.15) is 0 Å². The average Bonchev–Trinajstić information content (AvgIpc) is 2.74. The second-order valence-corrected chi connectivity index (χ2v) is 6.14. The number of hydrogen-bond donors (Lipinski definition) is 1. The van der Waals surface area contributed by atoms with Gasteiger partial charge in [-0.05, 0) is 23.5 Å². The van der Waals surface area contributed by atoms with Gasteiger partial charge in [0, 0.05) is 19.3 Å². The minimum absolute atomic E-state index is 0.207. The van der Waals surface area contributed by atoms with Crippen molar-refractivity contribution in [3.63, 3.8) is 0 Å². The van der Waals surface area contributed by atoms with Crippen LogP contribution in [0.1, 0.15) is 44.9 Å². The Morgan fingerprint density at radius 3 is 2.26 bits per heavy atom. The van der Waals surface area contributed by atoms with Crippen LogP contribution in [0.3, 0.4) is 0 Å². The highest BCUT2D eigenvalue weighted by Gasteiger charge is 2.14. The molecule has 0 fully saturated rings. The van der Waals surface area contributed by atoms with E-state index in [4.69, 9.17) is 0 Å². The minimum Gasteiger partial charge on any atom is -0.376 e. The van der Waals surface area contributed by atoms with Crippen LogP contribution in [-0.4, -0.2) is 9.78 Å². The van der Waals surface area contributed by atoms with Crippen molar-refractivity contribution in [2.75, 3.05) is 5.32 Å². The van der Waals surface area contributed by atoms with E-state index in [0.717, 1.165) is 5.69 Å². The smallest absolute Gasteiger partial charge is 0.0731 e. The molecule has 3 heteroatoms. The zero-order valence-electron chi connectivity index (χ0n) is 12.4. The number of rotatable bonds is 3. The van der Waals surface area contributed by atoms with E-state index in [-0.39, 0.29) is 11.5 Å². The van der Waals surface area contributed by atoms with Crippen molar-refractivity contribution in [2.45, 2.75) is 39.2 Å². The molecule has 1 aromatic heterocycles. The SMILES string of the molecule is CC(Nc1cnn(C)c1)c1ccc(C(C)(C)C)cc1. The summed E-state index contributed by atoms with van der Waals surface area (Å²) in [7, 11) is 1.92. The number of nitrogens with zero attached hydrogens (tertiary/aromatic N) is 2. The zero-order chi connectivity index (χ0) is 14.0. The molecule has 1 atom stereocenters. The Bertz CT molecular complexity index is 532. The highest BCUT2D eigenvalue weighted by molar-refractivity contribution is 5.42. The third-order valence-electron chi connectivity index (χ3n) is 3.36. The van der Waals surface area contributed by atoms with E-state index in [0.29, 0.717) is 0 Å². The van der Waals surface area contributed by atoms with Crippen molar-refractivity contribution < 1.29 is 0 Å². The summed E-state index contributed by atoms with van der Waals surface area (Å²) in [5.74, 6) is 0. The lowest BCUT2D eigenvalue weighted by molar-refractivity contribution is 0.589. The van der Waals surface area contributed by atoms with Crippen LogP contribution in [0.15, 0.2) is 36.7 Å². The minimum atomic E-state index is 0.207. The Morgan fingerprint density at radius 1 is 1.16 bits per heavy atom. The number of benzene rings is 1. The fraction of sp³-hybridized carbons (Fsp3) is 0.438. The van der Waals surface area contributed by atoms with E-state index in [1.54, 1.807) is 4.68 Å². The molecule has 3 nitrogen and oxygen atoms in total. The summed E-state index contributed by atoms with van der Waals surface area (Å²) in [6.45, 7) is 8.87. The second-order valence-electron chi connectivity index (χ2n) is 6.14. The van der Waals surface area contributed by atoms with Gasteiger partial charge in [-0.1, -0.05) is 45.0 Å². The maximum atomic E-state index is 4.16. The molecular formula is C16H23N3. The topological polar surface area (TPSA) is 29.9 Å². The van der Waals surface area contributed by atoms with Crippen LogP contribution in [0.4, 0.5) is 5.69 Å². The van der Waals surface area contributed by atoms with E-state index < -0.39 is 0 Å². The summed E-state index contributed by atoms with van der Waals surface area (Å²) in [5, 5.41) is 7.62. The number of hydrogen-bond acceptors (Lipinski definition) is 2. The Kier molecular flexibility index (Phi) is 3.65. The lowest BCUT2D eigenvalue weighted by atomic mass is 9.86. The zero-order valence-corrected chi connectivity index (χ0v) is 12.4. The van der Waals surface area contributed by atoms with Crippen molar-refractivity contribution in [3.05, 3.63) is 47.8 Å². The first kappa shape index (κ1) is 13.7. The second kappa shape index (κ2) is 5.08. The van der Waals surface area contributed by atoms with Crippen LogP contribution in [0.2, 0.25) is 0 Å². The van der Waals surface area contributed by atoms with Crippen molar-refractivity contribution >= 4 is 5.69 Å².